The zero-order chi connectivity index (χ0) is 15.6. The van der Waals surface area contributed by atoms with Crippen molar-refractivity contribution < 1.29 is 14.5 Å². The number of carbonyl (C=O) groups excluding carboxylic acids is 2. The van der Waals surface area contributed by atoms with Gasteiger partial charge in [0, 0.05) is 10.5 Å². The topological polar surface area (TPSA) is 80.5 Å². The highest BCUT2D eigenvalue weighted by molar-refractivity contribution is 9.10. The number of rotatable bonds is 2. The first-order valence-electron chi connectivity index (χ1n) is 6.99. The molecule has 3 aliphatic rings. The van der Waals surface area contributed by atoms with E-state index in [1.54, 1.807) is 6.07 Å². The van der Waals surface area contributed by atoms with Gasteiger partial charge in [0.25, 0.3) is 5.69 Å². The third kappa shape index (κ3) is 1.65. The number of carbonyl (C=O) groups is 2. The van der Waals surface area contributed by atoms with Crippen LogP contribution in [0.4, 0.5) is 11.4 Å². The minimum atomic E-state index is -0.568. The summed E-state index contributed by atoms with van der Waals surface area (Å²) in [7, 11) is 0. The molecule has 0 unspecified atom stereocenters. The van der Waals surface area contributed by atoms with Gasteiger partial charge >= 0.3 is 0 Å². The molecule has 22 heavy (non-hydrogen) atoms. The fourth-order valence-electron chi connectivity index (χ4n) is 3.97. The second-order valence-electron chi connectivity index (χ2n) is 5.90. The van der Waals surface area contributed by atoms with Gasteiger partial charge in [0.15, 0.2) is 0 Å². The highest BCUT2D eigenvalue weighted by Gasteiger charge is 2.60. The first kappa shape index (κ1) is 13.6. The summed E-state index contributed by atoms with van der Waals surface area (Å²) in [6.07, 6.45) is 4.83. The molecule has 0 spiro atoms. The van der Waals surface area contributed by atoms with Crippen LogP contribution < -0.4 is 4.90 Å². The number of amides is 2. The minimum Gasteiger partial charge on any atom is -0.274 e. The number of nitrogens with zero attached hydrogens (tertiary/aromatic N) is 2. The maximum atomic E-state index is 12.7. The molecule has 4 atom stereocenters. The molecule has 1 saturated carbocycles. The summed E-state index contributed by atoms with van der Waals surface area (Å²) < 4.78 is 0.531. The Morgan fingerprint density at radius 2 is 1.73 bits per heavy atom. The van der Waals surface area contributed by atoms with Crippen molar-refractivity contribution in [1.82, 2.24) is 0 Å². The lowest BCUT2D eigenvalue weighted by molar-refractivity contribution is -0.384. The van der Waals surface area contributed by atoms with Gasteiger partial charge in [-0.2, -0.15) is 0 Å². The summed E-state index contributed by atoms with van der Waals surface area (Å²) in [5, 5.41) is 11.3. The lowest BCUT2D eigenvalue weighted by Gasteiger charge is -2.17. The minimum absolute atomic E-state index is 0.0667. The third-order valence-electron chi connectivity index (χ3n) is 4.85. The number of benzene rings is 1. The quantitative estimate of drug-likeness (QED) is 0.350. The van der Waals surface area contributed by atoms with E-state index in [9.17, 15) is 19.7 Å². The average Bonchev–Trinajstić information content (AvgIpc) is 3.14. The Morgan fingerprint density at radius 3 is 2.27 bits per heavy atom. The van der Waals surface area contributed by atoms with E-state index in [1.165, 1.54) is 12.1 Å². The largest absolute Gasteiger partial charge is 0.294 e. The van der Waals surface area contributed by atoms with Gasteiger partial charge in [-0.25, -0.2) is 4.90 Å². The van der Waals surface area contributed by atoms with E-state index >= 15 is 0 Å². The molecule has 1 saturated heterocycles. The highest BCUT2D eigenvalue weighted by atomic mass is 79.9. The number of hydrogen-bond acceptors (Lipinski definition) is 4. The average molecular weight is 363 g/mol. The first-order valence-corrected chi connectivity index (χ1v) is 7.78. The van der Waals surface area contributed by atoms with Crippen LogP contribution in [0.15, 0.2) is 34.8 Å². The number of fused-ring (bicyclic) bond motifs is 5. The van der Waals surface area contributed by atoms with Gasteiger partial charge in [0.2, 0.25) is 11.8 Å². The maximum absolute atomic E-state index is 12.7. The lowest BCUT2D eigenvalue weighted by atomic mass is 9.85. The zero-order valence-corrected chi connectivity index (χ0v) is 12.9. The van der Waals surface area contributed by atoms with Crippen LogP contribution in [0.5, 0.6) is 0 Å². The Bertz CT molecular complexity index is 730. The Hall–Kier alpha value is -2.02. The van der Waals surface area contributed by atoms with Crippen molar-refractivity contribution in [1.29, 1.82) is 0 Å². The molecule has 2 fully saturated rings. The number of anilines is 1. The summed E-state index contributed by atoms with van der Waals surface area (Å²) in [6.45, 7) is 0. The van der Waals surface area contributed by atoms with Gasteiger partial charge < -0.3 is 0 Å². The SMILES string of the molecule is O=C1[C@@H]2[C@@H](C(=O)N1c1ccc(Br)cc1[N+](=O)[O-])[C@H]1C=C[C@@H]2C1. The van der Waals surface area contributed by atoms with Crippen molar-refractivity contribution in [2.45, 2.75) is 6.42 Å². The predicted octanol–water partition coefficient (Wildman–Crippen LogP) is 2.67. The Balaban J connectivity index is 1.81. The van der Waals surface area contributed by atoms with E-state index in [0.717, 1.165) is 11.3 Å². The van der Waals surface area contributed by atoms with Crippen LogP contribution in [-0.2, 0) is 9.59 Å². The zero-order valence-electron chi connectivity index (χ0n) is 11.3. The van der Waals surface area contributed by atoms with E-state index in [0.29, 0.717) is 4.47 Å². The predicted molar refractivity (Wildman–Crippen MR) is 81.0 cm³/mol. The Kier molecular flexibility index (Phi) is 2.78. The number of nitro benzene ring substituents is 1. The van der Waals surface area contributed by atoms with Gasteiger partial charge in [-0.15, -0.1) is 0 Å². The lowest BCUT2D eigenvalue weighted by Crippen LogP contribution is -2.33. The van der Waals surface area contributed by atoms with Crippen molar-refractivity contribution in [3.63, 3.8) is 0 Å². The first-order chi connectivity index (χ1) is 10.5. The van der Waals surface area contributed by atoms with Crippen molar-refractivity contribution >= 4 is 39.1 Å². The van der Waals surface area contributed by atoms with Crippen LogP contribution in [0.2, 0.25) is 0 Å². The molecule has 4 rings (SSSR count). The molecule has 2 aliphatic carbocycles. The van der Waals surface area contributed by atoms with Crippen molar-refractivity contribution in [3.8, 4) is 0 Å². The van der Waals surface area contributed by atoms with E-state index in [-0.39, 0.29) is 46.9 Å². The molecular formula is C15H11BrN2O4. The van der Waals surface area contributed by atoms with Crippen LogP contribution in [0, 0.1) is 33.8 Å². The number of imide groups is 1. The molecular weight excluding hydrogens is 352 g/mol. The van der Waals surface area contributed by atoms with Gasteiger partial charge in [-0.05, 0) is 30.4 Å². The van der Waals surface area contributed by atoms with Crippen LogP contribution in [0.3, 0.4) is 0 Å². The monoisotopic (exact) mass is 362 g/mol. The molecule has 0 N–H and O–H groups in total. The molecule has 1 aromatic rings. The summed E-state index contributed by atoms with van der Waals surface area (Å²) in [4.78, 5) is 37.1. The fraction of sp³-hybridized carbons (Fsp3) is 0.333. The molecule has 1 aromatic carbocycles. The van der Waals surface area contributed by atoms with Crippen LogP contribution in [-0.4, -0.2) is 16.7 Å². The number of allylic oxidation sites excluding steroid dienone is 2. The Morgan fingerprint density at radius 1 is 1.14 bits per heavy atom. The summed E-state index contributed by atoms with van der Waals surface area (Å²) >= 11 is 3.18. The molecule has 1 heterocycles. The second-order valence-corrected chi connectivity index (χ2v) is 6.82. The smallest absolute Gasteiger partial charge is 0.274 e. The molecule has 1 aliphatic heterocycles. The van der Waals surface area contributed by atoms with E-state index < -0.39 is 4.92 Å². The summed E-state index contributed by atoms with van der Waals surface area (Å²) in [6, 6.07) is 4.37. The van der Waals surface area contributed by atoms with Gasteiger partial charge in [-0.1, -0.05) is 28.1 Å². The third-order valence-corrected chi connectivity index (χ3v) is 5.34. The van der Waals surface area contributed by atoms with Gasteiger partial charge in [0.1, 0.15) is 5.69 Å². The standard InChI is InChI=1S/C15H11BrN2O4/c16-9-3-4-10(11(6-9)18(21)22)17-14(19)12-7-1-2-8(5-7)13(12)15(17)20/h1-4,6-8,12-13H,5H2/t7-,8+,12-,13-/m0/s1. The van der Waals surface area contributed by atoms with E-state index in [1.807, 2.05) is 12.2 Å². The van der Waals surface area contributed by atoms with Gasteiger partial charge in [0.05, 0.1) is 16.8 Å². The normalized spacial score (nSPS) is 32.0. The molecule has 0 aromatic heterocycles. The van der Waals surface area contributed by atoms with Crippen molar-refractivity contribution in [3.05, 3.63) is 44.9 Å². The number of nitro groups is 1. The van der Waals surface area contributed by atoms with Crippen LogP contribution in [0.25, 0.3) is 0 Å². The van der Waals surface area contributed by atoms with Crippen molar-refractivity contribution in [2.24, 2.45) is 23.7 Å². The maximum Gasteiger partial charge on any atom is 0.294 e. The molecule has 6 nitrogen and oxygen atoms in total. The fourth-order valence-corrected chi connectivity index (χ4v) is 4.32. The molecule has 7 heteroatoms. The van der Waals surface area contributed by atoms with Gasteiger partial charge in [-0.3, -0.25) is 19.7 Å². The second kappa shape index (κ2) is 4.49. The molecule has 2 amide bonds. The Labute approximate surface area is 134 Å². The summed E-state index contributed by atoms with van der Waals surface area (Å²) in [5.41, 5.74) is -0.173. The van der Waals surface area contributed by atoms with Crippen molar-refractivity contribution in [2.75, 3.05) is 4.90 Å². The van der Waals surface area contributed by atoms with E-state index in [2.05, 4.69) is 15.9 Å². The van der Waals surface area contributed by atoms with Crippen LogP contribution >= 0.6 is 15.9 Å². The highest BCUT2D eigenvalue weighted by Crippen LogP contribution is 2.53. The van der Waals surface area contributed by atoms with Crippen LogP contribution in [0.1, 0.15) is 6.42 Å². The van der Waals surface area contributed by atoms with E-state index in [4.69, 9.17) is 0 Å². The molecule has 112 valence electrons. The number of hydrogen-bond donors (Lipinski definition) is 0. The summed E-state index contributed by atoms with van der Waals surface area (Å²) in [5.74, 6) is -1.15. The molecule has 2 bridgehead atoms. The molecule has 0 radical (unpaired) electrons. The number of halogens is 1.